The summed E-state index contributed by atoms with van der Waals surface area (Å²) in [5, 5.41) is 6.06. The summed E-state index contributed by atoms with van der Waals surface area (Å²) in [5.74, 6) is -0.526. The van der Waals surface area contributed by atoms with E-state index in [9.17, 15) is 9.59 Å². The quantitative estimate of drug-likeness (QED) is 0.819. The van der Waals surface area contributed by atoms with Crippen LogP contribution in [0.3, 0.4) is 0 Å². The molecule has 0 radical (unpaired) electrons. The molecule has 1 atom stereocenters. The Bertz CT molecular complexity index is 828. The Hall–Kier alpha value is -2.31. The lowest BCUT2D eigenvalue weighted by Gasteiger charge is -2.32. The molecule has 1 aliphatic heterocycles. The van der Waals surface area contributed by atoms with Gasteiger partial charge in [-0.1, -0.05) is 29.3 Å². The number of amides is 2. The zero-order valence-electron chi connectivity index (χ0n) is 12.6. The van der Waals surface area contributed by atoms with Crippen LogP contribution < -0.4 is 15.4 Å². The fourth-order valence-electron chi connectivity index (χ4n) is 2.21. The van der Waals surface area contributed by atoms with E-state index in [-0.39, 0.29) is 12.4 Å². The third-order valence-electron chi connectivity index (χ3n) is 3.62. The van der Waals surface area contributed by atoms with Crippen LogP contribution in [0.15, 0.2) is 36.5 Å². The SMILES string of the molecule is C[C@@]1(C(=O)NCc2ccc(Cl)c(Cl)c2)Oc2cccnc2NC1=O. The highest BCUT2D eigenvalue weighted by Crippen LogP contribution is 2.31. The van der Waals surface area contributed by atoms with Crippen molar-refractivity contribution in [3.8, 4) is 5.75 Å². The van der Waals surface area contributed by atoms with Gasteiger partial charge in [-0.2, -0.15) is 0 Å². The highest BCUT2D eigenvalue weighted by Gasteiger charge is 2.47. The number of hydrogen-bond donors (Lipinski definition) is 2. The first-order valence-corrected chi connectivity index (χ1v) is 7.83. The zero-order chi connectivity index (χ0) is 17.3. The molecule has 1 aliphatic rings. The van der Waals surface area contributed by atoms with Gasteiger partial charge in [-0.3, -0.25) is 9.59 Å². The highest BCUT2D eigenvalue weighted by molar-refractivity contribution is 6.42. The predicted molar refractivity (Wildman–Crippen MR) is 90.2 cm³/mol. The molecule has 1 aromatic carbocycles. The smallest absolute Gasteiger partial charge is 0.279 e. The van der Waals surface area contributed by atoms with E-state index in [1.54, 1.807) is 30.3 Å². The topological polar surface area (TPSA) is 80.3 Å². The second-order valence-electron chi connectivity index (χ2n) is 5.37. The molecule has 0 saturated heterocycles. The summed E-state index contributed by atoms with van der Waals surface area (Å²) in [7, 11) is 0. The Kier molecular flexibility index (Phi) is 4.34. The third kappa shape index (κ3) is 3.02. The van der Waals surface area contributed by atoms with Crippen LogP contribution >= 0.6 is 23.2 Å². The Labute approximate surface area is 148 Å². The number of nitrogens with one attached hydrogen (secondary N) is 2. The number of pyridine rings is 1. The summed E-state index contributed by atoms with van der Waals surface area (Å²) >= 11 is 11.8. The van der Waals surface area contributed by atoms with Gasteiger partial charge in [0.15, 0.2) is 11.6 Å². The Morgan fingerprint density at radius 1 is 1.33 bits per heavy atom. The molecule has 0 unspecified atom stereocenters. The van der Waals surface area contributed by atoms with Crippen LogP contribution in [-0.4, -0.2) is 22.4 Å². The van der Waals surface area contributed by atoms with Crippen LogP contribution in [0.1, 0.15) is 12.5 Å². The van der Waals surface area contributed by atoms with E-state index in [2.05, 4.69) is 15.6 Å². The second-order valence-corrected chi connectivity index (χ2v) is 6.19. The summed E-state index contributed by atoms with van der Waals surface area (Å²) in [6, 6.07) is 8.31. The molecule has 0 saturated carbocycles. The lowest BCUT2D eigenvalue weighted by atomic mass is 10.0. The summed E-state index contributed by atoms with van der Waals surface area (Å²) in [6.07, 6.45) is 1.52. The number of aromatic nitrogens is 1. The fourth-order valence-corrected chi connectivity index (χ4v) is 2.53. The molecule has 0 bridgehead atoms. The molecule has 0 spiro atoms. The summed E-state index contributed by atoms with van der Waals surface area (Å²) < 4.78 is 5.59. The van der Waals surface area contributed by atoms with Crippen molar-refractivity contribution in [3.05, 3.63) is 52.1 Å². The first-order chi connectivity index (χ1) is 11.4. The van der Waals surface area contributed by atoms with Crippen molar-refractivity contribution >= 4 is 40.8 Å². The maximum absolute atomic E-state index is 12.5. The number of halogens is 2. The van der Waals surface area contributed by atoms with Gasteiger partial charge in [0, 0.05) is 12.7 Å². The lowest BCUT2D eigenvalue weighted by molar-refractivity contribution is -0.146. The van der Waals surface area contributed by atoms with Crippen LogP contribution in [-0.2, 0) is 16.1 Å². The molecule has 0 fully saturated rings. The molecule has 3 rings (SSSR count). The molecule has 1 aromatic heterocycles. The predicted octanol–water partition coefficient (Wildman–Crippen LogP) is 2.79. The number of hydrogen-bond acceptors (Lipinski definition) is 4. The molecule has 2 amide bonds. The Morgan fingerprint density at radius 2 is 2.12 bits per heavy atom. The lowest BCUT2D eigenvalue weighted by Crippen LogP contribution is -2.58. The van der Waals surface area contributed by atoms with Gasteiger partial charge in [0.1, 0.15) is 0 Å². The van der Waals surface area contributed by atoms with E-state index in [4.69, 9.17) is 27.9 Å². The van der Waals surface area contributed by atoms with Crippen LogP contribution in [0.4, 0.5) is 5.82 Å². The van der Waals surface area contributed by atoms with Crippen LogP contribution in [0.25, 0.3) is 0 Å². The first kappa shape index (κ1) is 16.5. The van der Waals surface area contributed by atoms with Gasteiger partial charge >= 0.3 is 0 Å². The number of fused-ring (bicyclic) bond motifs is 1. The van der Waals surface area contributed by atoms with Crippen LogP contribution in [0.5, 0.6) is 5.75 Å². The zero-order valence-corrected chi connectivity index (χ0v) is 14.1. The van der Waals surface area contributed by atoms with Crippen molar-refractivity contribution in [3.63, 3.8) is 0 Å². The first-order valence-electron chi connectivity index (χ1n) is 7.08. The number of rotatable bonds is 3. The molecule has 2 heterocycles. The van der Waals surface area contributed by atoms with Crippen LogP contribution in [0.2, 0.25) is 10.0 Å². The van der Waals surface area contributed by atoms with E-state index >= 15 is 0 Å². The van der Waals surface area contributed by atoms with Gasteiger partial charge in [-0.05, 0) is 36.8 Å². The van der Waals surface area contributed by atoms with E-state index in [0.29, 0.717) is 15.8 Å². The maximum Gasteiger partial charge on any atom is 0.279 e. The highest BCUT2D eigenvalue weighted by atomic mass is 35.5. The van der Waals surface area contributed by atoms with Crippen molar-refractivity contribution in [1.82, 2.24) is 10.3 Å². The average molecular weight is 366 g/mol. The van der Waals surface area contributed by atoms with Crippen molar-refractivity contribution in [2.75, 3.05) is 5.32 Å². The summed E-state index contributed by atoms with van der Waals surface area (Å²) in [5.41, 5.74) is -0.939. The van der Waals surface area contributed by atoms with Crippen molar-refractivity contribution in [2.45, 2.75) is 19.1 Å². The number of benzene rings is 1. The molecule has 2 N–H and O–H groups in total. The standard InChI is InChI=1S/C16H13Cl2N3O3/c1-16(15(23)21-13-12(24-16)3-2-6-19-13)14(22)20-8-9-4-5-10(17)11(18)7-9/h2-7H,8H2,1H3,(H,20,22)(H,19,21,23)/t16-/m0/s1. The largest absolute Gasteiger partial charge is 0.464 e. The molecule has 2 aromatic rings. The van der Waals surface area contributed by atoms with E-state index in [1.807, 2.05) is 0 Å². The van der Waals surface area contributed by atoms with Gasteiger partial charge in [-0.15, -0.1) is 0 Å². The molecule has 8 heteroatoms. The van der Waals surface area contributed by atoms with Crippen molar-refractivity contribution in [1.29, 1.82) is 0 Å². The summed E-state index contributed by atoms with van der Waals surface area (Å²) in [4.78, 5) is 28.7. The van der Waals surface area contributed by atoms with Gasteiger partial charge in [0.05, 0.1) is 10.0 Å². The molecular weight excluding hydrogens is 353 g/mol. The van der Waals surface area contributed by atoms with E-state index in [1.165, 1.54) is 13.1 Å². The normalized spacial score (nSPS) is 19.0. The van der Waals surface area contributed by atoms with Crippen molar-refractivity contribution in [2.24, 2.45) is 0 Å². The number of ether oxygens (including phenoxy) is 1. The van der Waals surface area contributed by atoms with Crippen molar-refractivity contribution < 1.29 is 14.3 Å². The Balaban J connectivity index is 1.74. The minimum absolute atomic E-state index is 0.182. The molecular formula is C16H13Cl2N3O3. The minimum atomic E-state index is -1.69. The average Bonchev–Trinajstić information content (AvgIpc) is 2.56. The Morgan fingerprint density at radius 3 is 2.88 bits per heavy atom. The van der Waals surface area contributed by atoms with Gasteiger partial charge in [-0.25, -0.2) is 4.98 Å². The number of nitrogens with zero attached hydrogens (tertiary/aromatic N) is 1. The molecule has 6 nitrogen and oxygen atoms in total. The monoisotopic (exact) mass is 365 g/mol. The number of carbonyl (C=O) groups is 2. The maximum atomic E-state index is 12.5. The third-order valence-corrected chi connectivity index (χ3v) is 4.36. The molecule has 0 aliphatic carbocycles. The number of anilines is 1. The second kappa shape index (κ2) is 6.30. The van der Waals surface area contributed by atoms with E-state index < -0.39 is 17.4 Å². The van der Waals surface area contributed by atoms with Crippen LogP contribution in [0, 0.1) is 0 Å². The minimum Gasteiger partial charge on any atom is -0.464 e. The molecule has 24 heavy (non-hydrogen) atoms. The summed E-state index contributed by atoms with van der Waals surface area (Å²) in [6.45, 7) is 1.59. The fraction of sp³-hybridized carbons (Fsp3) is 0.188. The molecule has 124 valence electrons. The number of carbonyl (C=O) groups excluding carboxylic acids is 2. The van der Waals surface area contributed by atoms with Gasteiger partial charge in [0.25, 0.3) is 17.4 Å². The van der Waals surface area contributed by atoms with Gasteiger partial charge < -0.3 is 15.4 Å². The van der Waals surface area contributed by atoms with Gasteiger partial charge in [0.2, 0.25) is 0 Å². The van der Waals surface area contributed by atoms with E-state index in [0.717, 1.165) is 5.56 Å².